The van der Waals surface area contributed by atoms with Crippen molar-refractivity contribution in [2.24, 2.45) is 0 Å². The molecule has 130 valence electrons. The van der Waals surface area contributed by atoms with Crippen LogP contribution < -0.4 is 9.47 Å². The molecule has 0 saturated heterocycles. The van der Waals surface area contributed by atoms with E-state index in [1.165, 1.54) is 25.3 Å². The van der Waals surface area contributed by atoms with Crippen LogP contribution in [0.2, 0.25) is 0 Å². The highest BCUT2D eigenvalue weighted by Gasteiger charge is 2.17. The molecule has 0 bridgehead atoms. The number of rotatable bonds is 9. The molecule has 0 fully saturated rings. The normalized spacial score (nSPS) is 11.1. The minimum atomic E-state index is -3.09. The maximum atomic E-state index is 12.6. The second-order valence-electron chi connectivity index (χ2n) is 4.28. The van der Waals surface area contributed by atoms with Crippen LogP contribution >= 0.6 is 0 Å². The Kier molecular flexibility index (Phi) is 8.22. The fourth-order valence-corrected chi connectivity index (χ4v) is 1.72. The molecule has 0 aliphatic carbocycles. The number of carbonyl (C=O) groups excluding carboxylic acids is 1. The molecule has 0 unspecified atom stereocenters. The van der Waals surface area contributed by atoms with Gasteiger partial charge in [0, 0.05) is 12.7 Å². The molecule has 6 nitrogen and oxygen atoms in total. The fraction of sp³-hybridized carbons (Fsp3) is 0.375. The summed E-state index contributed by atoms with van der Waals surface area (Å²) in [5.41, 5.74) is -0.264. The molecule has 0 aliphatic rings. The number of ether oxygens (including phenoxy) is 4. The Labute approximate surface area is 138 Å². The minimum absolute atomic E-state index is 0.0340. The number of carbonyl (C=O) groups is 1. The zero-order valence-corrected chi connectivity index (χ0v) is 13.3. The standard InChI is InChI=1S/C16H17F2NO5/c1-3-22-13-6-4-5-11(14(13)24-16(17)18)9-12(10-19)15(20)23-8-7-21-2/h4-6,9,16H,3,7-8H2,1-2H3/b12-9+. The average molecular weight is 341 g/mol. The number of alkyl halides is 2. The molecule has 1 rings (SSSR count). The number of para-hydroxylation sites is 1. The maximum Gasteiger partial charge on any atom is 0.387 e. The van der Waals surface area contributed by atoms with E-state index in [-0.39, 0.29) is 42.5 Å². The van der Waals surface area contributed by atoms with E-state index in [4.69, 9.17) is 19.5 Å². The zero-order chi connectivity index (χ0) is 17.9. The molecule has 0 aromatic heterocycles. The molecule has 0 atom stereocenters. The van der Waals surface area contributed by atoms with Crippen molar-refractivity contribution < 1.29 is 32.5 Å². The van der Waals surface area contributed by atoms with E-state index in [9.17, 15) is 13.6 Å². The predicted molar refractivity (Wildman–Crippen MR) is 80.7 cm³/mol. The largest absolute Gasteiger partial charge is 0.490 e. The van der Waals surface area contributed by atoms with Gasteiger partial charge in [0.05, 0.1) is 13.2 Å². The molecular formula is C16H17F2NO5. The Balaban J connectivity index is 3.15. The minimum Gasteiger partial charge on any atom is -0.490 e. The summed E-state index contributed by atoms with van der Waals surface area (Å²) in [6.07, 6.45) is 1.11. The van der Waals surface area contributed by atoms with Gasteiger partial charge >= 0.3 is 12.6 Å². The first-order valence-corrected chi connectivity index (χ1v) is 7.01. The van der Waals surface area contributed by atoms with Crippen LogP contribution in [0.25, 0.3) is 6.08 Å². The summed E-state index contributed by atoms with van der Waals surface area (Å²) < 4.78 is 44.5. The van der Waals surface area contributed by atoms with Gasteiger partial charge in [-0.1, -0.05) is 12.1 Å². The summed E-state index contributed by atoms with van der Waals surface area (Å²) in [5, 5.41) is 9.09. The van der Waals surface area contributed by atoms with Crippen molar-refractivity contribution in [3.63, 3.8) is 0 Å². The van der Waals surface area contributed by atoms with E-state index in [0.29, 0.717) is 0 Å². The van der Waals surface area contributed by atoms with Crippen LogP contribution in [0.5, 0.6) is 11.5 Å². The third-order valence-electron chi connectivity index (χ3n) is 2.68. The summed E-state index contributed by atoms with van der Waals surface area (Å²) in [6.45, 7) is -1.03. The van der Waals surface area contributed by atoms with Crippen molar-refractivity contribution in [2.75, 3.05) is 26.9 Å². The molecule has 0 spiro atoms. The van der Waals surface area contributed by atoms with Gasteiger partial charge < -0.3 is 18.9 Å². The van der Waals surface area contributed by atoms with E-state index < -0.39 is 12.6 Å². The number of nitrogens with zero attached hydrogens (tertiary/aromatic N) is 1. The van der Waals surface area contributed by atoms with Crippen molar-refractivity contribution in [3.05, 3.63) is 29.3 Å². The summed E-state index contributed by atoms with van der Waals surface area (Å²) in [4.78, 5) is 11.8. The molecule has 0 radical (unpaired) electrons. The van der Waals surface area contributed by atoms with Gasteiger partial charge in [0.1, 0.15) is 18.2 Å². The lowest BCUT2D eigenvalue weighted by molar-refractivity contribution is -0.139. The summed E-state index contributed by atoms with van der Waals surface area (Å²) in [5.74, 6) is -1.07. The molecule has 0 saturated carbocycles. The topological polar surface area (TPSA) is 77.8 Å². The lowest BCUT2D eigenvalue weighted by atomic mass is 10.1. The van der Waals surface area contributed by atoms with Gasteiger partial charge in [0.15, 0.2) is 11.5 Å². The van der Waals surface area contributed by atoms with E-state index in [1.807, 2.05) is 0 Å². The Bertz CT molecular complexity index is 625. The van der Waals surface area contributed by atoms with Crippen molar-refractivity contribution in [2.45, 2.75) is 13.5 Å². The van der Waals surface area contributed by atoms with Gasteiger partial charge in [-0.3, -0.25) is 0 Å². The number of hydrogen-bond donors (Lipinski definition) is 0. The zero-order valence-electron chi connectivity index (χ0n) is 13.3. The number of halogens is 2. The molecular weight excluding hydrogens is 324 g/mol. The number of hydrogen-bond acceptors (Lipinski definition) is 6. The van der Waals surface area contributed by atoms with Crippen molar-refractivity contribution in [1.29, 1.82) is 5.26 Å². The first kappa shape index (κ1) is 19.4. The molecule has 1 aromatic carbocycles. The number of esters is 1. The third-order valence-corrected chi connectivity index (χ3v) is 2.68. The van der Waals surface area contributed by atoms with Gasteiger partial charge in [-0.2, -0.15) is 14.0 Å². The van der Waals surface area contributed by atoms with Crippen LogP contribution in [0.4, 0.5) is 8.78 Å². The quantitative estimate of drug-likeness (QED) is 0.297. The van der Waals surface area contributed by atoms with Crippen LogP contribution in [0.3, 0.4) is 0 Å². The van der Waals surface area contributed by atoms with Crippen LogP contribution in [0.1, 0.15) is 12.5 Å². The highest BCUT2D eigenvalue weighted by molar-refractivity contribution is 5.98. The molecule has 0 aliphatic heterocycles. The van der Waals surface area contributed by atoms with Crippen LogP contribution in [-0.2, 0) is 14.3 Å². The second kappa shape index (κ2) is 10.2. The summed E-state index contributed by atoms with van der Waals surface area (Å²) in [6, 6.07) is 6.06. The Morgan fingerprint density at radius 3 is 2.71 bits per heavy atom. The smallest absolute Gasteiger partial charge is 0.387 e. The monoisotopic (exact) mass is 341 g/mol. The molecule has 0 heterocycles. The van der Waals surface area contributed by atoms with Crippen LogP contribution in [-0.4, -0.2) is 39.5 Å². The van der Waals surface area contributed by atoms with Crippen molar-refractivity contribution >= 4 is 12.0 Å². The number of nitriles is 1. The Morgan fingerprint density at radius 1 is 1.38 bits per heavy atom. The predicted octanol–water partition coefficient (Wildman–Crippen LogP) is 2.78. The van der Waals surface area contributed by atoms with Gasteiger partial charge in [-0.05, 0) is 19.1 Å². The first-order chi connectivity index (χ1) is 11.5. The molecule has 0 amide bonds. The lowest BCUT2D eigenvalue weighted by Gasteiger charge is -2.13. The summed E-state index contributed by atoms with van der Waals surface area (Å²) >= 11 is 0. The molecule has 24 heavy (non-hydrogen) atoms. The number of benzene rings is 1. The SMILES string of the molecule is CCOc1cccc(/C=C(\C#N)C(=O)OCCOC)c1OC(F)F. The van der Waals surface area contributed by atoms with E-state index >= 15 is 0 Å². The third kappa shape index (κ3) is 5.85. The molecule has 1 aromatic rings. The first-order valence-electron chi connectivity index (χ1n) is 7.01. The van der Waals surface area contributed by atoms with Gasteiger partial charge in [0.25, 0.3) is 0 Å². The van der Waals surface area contributed by atoms with Gasteiger partial charge in [-0.25, -0.2) is 4.79 Å². The van der Waals surface area contributed by atoms with Gasteiger partial charge in [0.2, 0.25) is 0 Å². The van der Waals surface area contributed by atoms with E-state index in [0.717, 1.165) is 6.08 Å². The van der Waals surface area contributed by atoms with Crippen molar-refractivity contribution in [3.8, 4) is 17.6 Å². The Hall–Kier alpha value is -2.66. The lowest BCUT2D eigenvalue weighted by Crippen LogP contribution is -2.11. The van der Waals surface area contributed by atoms with Crippen LogP contribution in [0, 0.1) is 11.3 Å². The number of methoxy groups -OCH3 is 1. The second-order valence-corrected chi connectivity index (χ2v) is 4.28. The highest BCUT2D eigenvalue weighted by atomic mass is 19.3. The molecule has 0 N–H and O–H groups in total. The van der Waals surface area contributed by atoms with E-state index in [2.05, 4.69) is 4.74 Å². The van der Waals surface area contributed by atoms with Crippen molar-refractivity contribution in [1.82, 2.24) is 0 Å². The summed E-state index contributed by atoms with van der Waals surface area (Å²) in [7, 11) is 1.43. The van der Waals surface area contributed by atoms with Gasteiger partial charge in [-0.15, -0.1) is 0 Å². The molecule has 8 heteroatoms. The Morgan fingerprint density at radius 2 is 2.12 bits per heavy atom. The van der Waals surface area contributed by atoms with E-state index in [1.54, 1.807) is 13.0 Å². The fourth-order valence-electron chi connectivity index (χ4n) is 1.72. The maximum absolute atomic E-state index is 12.6. The highest BCUT2D eigenvalue weighted by Crippen LogP contribution is 2.34. The van der Waals surface area contributed by atoms with Crippen LogP contribution in [0.15, 0.2) is 23.8 Å². The average Bonchev–Trinajstić information content (AvgIpc) is 2.55.